The third-order valence-corrected chi connectivity index (χ3v) is 6.03. The minimum Gasteiger partial charge on any atom is -0.370 e. The molecule has 2 fully saturated rings. The van der Waals surface area contributed by atoms with E-state index in [2.05, 4.69) is 27.4 Å². The second kappa shape index (κ2) is 3.73. The van der Waals surface area contributed by atoms with Crippen LogP contribution in [0.3, 0.4) is 0 Å². The van der Waals surface area contributed by atoms with E-state index < -0.39 is 0 Å². The lowest BCUT2D eigenvalue weighted by molar-refractivity contribution is 0.118. The number of nitrogens with two attached hydrogens (primary N) is 1. The molecule has 2 saturated carbocycles. The van der Waals surface area contributed by atoms with Gasteiger partial charge in [0.1, 0.15) is 0 Å². The lowest BCUT2D eigenvalue weighted by Crippen LogP contribution is -2.54. The maximum atomic E-state index is 6.16. The Labute approximate surface area is 112 Å². The van der Waals surface area contributed by atoms with Crippen molar-refractivity contribution in [3.05, 3.63) is 22.4 Å². The van der Waals surface area contributed by atoms with Gasteiger partial charge in [-0.3, -0.25) is 4.99 Å². The molecular weight excluding hydrogens is 242 g/mol. The predicted molar refractivity (Wildman–Crippen MR) is 74.5 cm³/mol. The highest BCUT2D eigenvalue weighted by Gasteiger charge is 2.56. The number of hydrogen-bond donors (Lipinski definition) is 1. The van der Waals surface area contributed by atoms with Gasteiger partial charge in [0.2, 0.25) is 0 Å². The van der Waals surface area contributed by atoms with Crippen molar-refractivity contribution in [2.45, 2.75) is 37.8 Å². The van der Waals surface area contributed by atoms with Crippen molar-refractivity contribution >= 4 is 17.3 Å². The molecule has 96 valence electrons. The van der Waals surface area contributed by atoms with E-state index in [9.17, 15) is 0 Å². The summed E-state index contributed by atoms with van der Waals surface area (Å²) >= 11 is 1.82. The van der Waals surface area contributed by atoms with Gasteiger partial charge in [-0.25, -0.2) is 0 Å². The first kappa shape index (κ1) is 10.9. The summed E-state index contributed by atoms with van der Waals surface area (Å²) in [5.74, 6) is 2.53. The summed E-state index contributed by atoms with van der Waals surface area (Å²) in [6.07, 6.45) is 5.53. The van der Waals surface area contributed by atoms with Crippen LogP contribution >= 0.6 is 11.3 Å². The Hall–Kier alpha value is -1.03. The number of aliphatic imine (C=N–C) groups is 1. The Balaban J connectivity index is 1.64. The molecule has 18 heavy (non-hydrogen) atoms. The summed E-state index contributed by atoms with van der Waals surface area (Å²) in [4.78, 5) is 8.40. The molecule has 4 rings (SSSR count). The molecule has 2 heterocycles. The van der Waals surface area contributed by atoms with E-state index >= 15 is 0 Å². The molecule has 1 aliphatic heterocycles. The lowest BCUT2D eigenvalue weighted by atomic mass is 9.80. The highest BCUT2D eigenvalue weighted by molar-refractivity contribution is 7.09. The van der Waals surface area contributed by atoms with Crippen molar-refractivity contribution in [3.63, 3.8) is 0 Å². The zero-order valence-electron chi connectivity index (χ0n) is 10.5. The smallest absolute Gasteiger partial charge is 0.192 e. The van der Waals surface area contributed by atoms with E-state index in [1.807, 2.05) is 11.3 Å². The lowest BCUT2D eigenvalue weighted by Gasteiger charge is -2.42. The van der Waals surface area contributed by atoms with Gasteiger partial charge in [0.25, 0.3) is 0 Å². The Kier molecular flexibility index (Phi) is 2.25. The maximum Gasteiger partial charge on any atom is 0.192 e. The average Bonchev–Trinajstić information content (AvgIpc) is 3.11. The van der Waals surface area contributed by atoms with Crippen LogP contribution in [0.25, 0.3) is 0 Å². The third-order valence-electron chi connectivity index (χ3n) is 5.17. The zero-order chi connectivity index (χ0) is 12.2. The number of nitrogens with zero attached hydrogens (tertiary/aromatic N) is 2. The average molecular weight is 261 g/mol. The molecule has 3 unspecified atom stereocenters. The minimum atomic E-state index is 0.275. The van der Waals surface area contributed by atoms with Crippen LogP contribution < -0.4 is 5.73 Å². The molecule has 0 aromatic carbocycles. The minimum absolute atomic E-state index is 0.275. The Morgan fingerprint density at radius 3 is 3.11 bits per heavy atom. The number of rotatable bonds is 2. The summed E-state index contributed by atoms with van der Waals surface area (Å²) < 4.78 is 0. The van der Waals surface area contributed by atoms with Gasteiger partial charge in [-0.1, -0.05) is 6.07 Å². The van der Waals surface area contributed by atoms with Crippen LogP contribution in [-0.2, 0) is 6.54 Å². The molecule has 3 aliphatic rings. The van der Waals surface area contributed by atoms with Gasteiger partial charge < -0.3 is 10.6 Å². The first-order valence-corrected chi connectivity index (χ1v) is 7.76. The van der Waals surface area contributed by atoms with Crippen LogP contribution in [0.2, 0.25) is 0 Å². The fourth-order valence-electron chi connectivity index (χ4n) is 4.35. The van der Waals surface area contributed by atoms with Crippen LogP contribution in [-0.4, -0.2) is 22.9 Å². The monoisotopic (exact) mass is 261 g/mol. The number of thiophene rings is 1. The quantitative estimate of drug-likeness (QED) is 0.888. The second-order valence-electron chi connectivity index (χ2n) is 6.02. The van der Waals surface area contributed by atoms with Gasteiger partial charge in [-0.2, -0.15) is 0 Å². The Bertz CT molecular complexity index is 481. The first-order valence-electron chi connectivity index (χ1n) is 6.88. The largest absolute Gasteiger partial charge is 0.370 e. The molecule has 3 atom stereocenters. The van der Waals surface area contributed by atoms with Crippen LogP contribution in [0, 0.1) is 11.8 Å². The summed E-state index contributed by atoms with van der Waals surface area (Å²) in [7, 11) is 0. The number of guanidine groups is 1. The van der Waals surface area contributed by atoms with Crippen LogP contribution in [0.15, 0.2) is 22.5 Å². The fraction of sp³-hybridized carbons (Fsp3) is 0.643. The van der Waals surface area contributed by atoms with E-state index in [0.29, 0.717) is 0 Å². The van der Waals surface area contributed by atoms with Gasteiger partial charge in [0.05, 0.1) is 18.6 Å². The van der Waals surface area contributed by atoms with Gasteiger partial charge in [-0.05, 0) is 49.0 Å². The number of fused-ring (bicyclic) bond motifs is 3. The van der Waals surface area contributed by atoms with Gasteiger partial charge >= 0.3 is 0 Å². The standard InChI is InChI=1S/C14H19N3S/c15-13-16-9-14(7-10-3-4-11(14)6-10)17(13)8-12-2-1-5-18-12/h1-2,5,10-11H,3-4,6-9H2,(H2,15,16). The fourth-order valence-corrected chi connectivity index (χ4v) is 5.05. The topological polar surface area (TPSA) is 41.6 Å². The van der Waals surface area contributed by atoms with Crippen molar-refractivity contribution in [2.75, 3.05) is 6.54 Å². The molecule has 0 radical (unpaired) electrons. The first-order chi connectivity index (χ1) is 8.78. The molecule has 0 amide bonds. The maximum absolute atomic E-state index is 6.16. The molecule has 0 saturated heterocycles. The summed E-state index contributed by atoms with van der Waals surface area (Å²) in [5.41, 5.74) is 6.44. The molecule has 1 aromatic heterocycles. The van der Waals surface area contributed by atoms with E-state index in [-0.39, 0.29) is 5.54 Å². The third kappa shape index (κ3) is 1.38. The van der Waals surface area contributed by atoms with Crippen molar-refractivity contribution < 1.29 is 0 Å². The second-order valence-corrected chi connectivity index (χ2v) is 7.06. The number of hydrogen-bond acceptors (Lipinski definition) is 4. The van der Waals surface area contributed by atoms with Gasteiger partial charge in [0.15, 0.2) is 5.96 Å². The predicted octanol–water partition coefficient (Wildman–Crippen LogP) is 2.44. The molecule has 1 spiro atoms. The molecule has 4 heteroatoms. The van der Waals surface area contributed by atoms with E-state index in [4.69, 9.17) is 5.73 Å². The van der Waals surface area contributed by atoms with Crippen LogP contribution in [0.4, 0.5) is 0 Å². The van der Waals surface area contributed by atoms with Crippen molar-refractivity contribution in [1.29, 1.82) is 0 Å². The molecule has 1 aromatic rings. The van der Waals surface area contributed by atoms with Crippen LogP contribution in [0.1, 0.15) is 30.6 Å². The molecule has 2 bridgehead atoms. The summed E-state index contributed by atoms with van der Waals surface area (Å²) in [5, 5.41) is 2.15. The van der Waals surface area contributed by atoms with E-state index in [1.165, 1.54) is 30.6 Å². The normalized spacial score (nSPS) is 37.8. The van der Waals surface area contributed by atoms with E-state index in [1.54, 1.807) is 0 Å². The highest BCUT2D eigenvalue weighted by Crippen LogP contribution is 2.55. The molecule has 2 aliphatic carbocycles. The summed E-state index contributed by atoms with van der Waals surface area (Å²) in [6.45, 7) is 1.89. The van der Waals surface area contributed by atoms with Crippen molar-refractivity contribution in [3.8, 4) is 0 Å². The van der Waals surface area contributed by atoms with Gasteiger partial charge in [0, 0.05) is 4.88 Å². The Morgan fingerprint density at radius 2 is 2.44 bits per heavy atom. The van der Waals surface area contributed by atoms with E-state index in [0.717, 1.165) is 30.9 Å². The van der Waals surface area contributed by atoms with Crippen molar-refractivity contribution in [2.24, 2.45) is 22.6 Å². The molecule has 3 nitrogen and oxygen atoms in total. The zero-order valence-corrected chi connectivity index (χ0v) is 11.3. The van der Waals surface area contributed by atoms with Gasteiger partial charge in [-0.15, -0.1) is 11.3 Å². The molecule has 2 N–H and O–H groups in total. The Morgan fingerprint density at radius 1 is 1.50 bits per heavy atom. The van der Waals surface area contributed by atoms with Crippen molar-refractivity contribution in [1.82, 2.24) is 4.90 Å². The highest BCUT2D eigenvalue weighted by atomic mass is 32.1. The molecular formula is C14H19N3S. The van der Waals surface area contributed by atoms with Crippen LogP contribution in [0.5, 0.6) is 0 Å². The summed E-state index contributed by atoms with van der Waals surface area (Å²) in [6, 6.07) is 4.33. The SMILES string of the molecule is NC1=NCC2(CC3CCC2C3)N1Cc1cccs1.